The summed E-state index contributed by atoms with van der Waals surface area (Å²) in [7, 11) is 0. The van der Waals surface area contributed by atoms with Gasteiger partial charge in [0.1, 0.15) is 6.29 Å². The standard InChI is InChI=1S/C10H18N2O2/c1-8(2)12-5-4-11(10(12)14)6-9(3)7-13/h7-9H,4-6H2,1-3H3. The molecule has 4 nitrogen and oxygen atoms in total. The van der Waals surface area contributed by atoms with Crippen LogP contribution in [-0.2, 0) is 4.79 Å². The molecule has 0 aliphatic carbocycles. The molecule has 0 bridgehead atoms. The summed E-state index contributed by atoms with van der Waals surface area (Å²) in [6.45, 7) is 7.91. The highest BCUT2D eigenvalue weighted by molar-refractivity contribution is 5.77. The number of nitrogens with zero attached hydrogens (tertiary/aromatic N) is 2. The van der Waals surface area contributed by atoms with Gasteiger partial charge >= 0.3 is 6.03 Å². The van der Waals surface area contributed by atoms with E-state index >= 15 is 0 Å². The van der Waals surface area contributed by atoms with Crippen molar-refractivity contribution in [2.45, 2.75) is 26.8 Å². The van der Waals surface area contributed by atoms with E-state index in [4.69, 9.17) is 0 Å². The molecule has 2 amide bonds. The summed E-state index contributed by atoms with van der Waals surface area (Å²) in [5.74, 6) is -0.0638. The number of carbonyl (C=O) groups is 2. The van der Waals surface area contributed by atoms with Gasteiger partial charge in [0.15, 0.2) is 0 Å². The number of urea groups is 1. The van der Waals surface area contributed by atoms with Crippen LogP contribution >= 0.6 is 0 Å². The maximum atomic E-state index is 11.7. The molecule has 1 unspecified atom stereocenters. The molecule has 1 fully saturated rings. The number of rotatable bonds is 4. The van der Waals surface area contributed by atoms with Crippen LogP contribution in [0.15, 0.2) is 0 Å². The van der Waals surface area contributed by atoms with Gasteiger partial charge in [-0.15, -0.1) is 0 Å². The quantitative estimate of drug-likeness (QED) is 0.631. The third kappa shape index (κ3) is 2.25. The Morgan fingerprint density at radius 1 is 1.36 bits per heavy atom. The number of hydrogen-bond acceptors (Lipinski definition) is 2. The Kier molecular flexibility index (Phi) is 3.49. The van der Waals surface area contributed by atoms with Crippen LogP contribution in [0.4, 0.5) is 4.79 Å². The van der Waals surface area contributed by atoms with Crippen molar-refractivity contribution < 1.29 is 9.59 Å². The Morgan fingerprint density at radius 3 is 2.43 bits per heavy atom. The molecule has 80 valence electrons. The zero-order valence-corrected chi connectivity index (χ0v) is 9.06. The molecule has 0 aromatic rings. The van der Waals surface area contributed by atoms with Crippen molar-refractivity contribution in [3.63, 3.8) is 0 Å². The highest BCUT2D eigenvalue weighted by Gasteiger charge is 2.30. The second-order valence-corrected chi connectivity index (χ2v) is 4.13. The van der Waals surface area contributed by atoms with Crippen molar-refractivity contribution in [1.82, 2.24) is 9.80 Å². The van der Waals surface area contributed by atoms with Crippen molar-refractivity contribution in [3.05, 3.63) is 0 Å². The minimum Gasteiger partial charge on any atom is -0.322 e. The van der Waals surface area contributed by atoms with Crippen LogP contribution in [0.3, 0.4) is 0 Å². The number of carbonyl (C=O) groups excluding carboxylic acids is 2. The normalized spacial score (nSPS) is 19.3. The fraction of sp³-hybridized carbons (Fsp3) is 0.800. The first-order valence-electron chi connectivity index (χ1n) is 5.07. The predicted octanol–water partition coefficient (Wildman–Crippen LogP) is 0.967. The first kappa shape index (κ1) is 11.0. The molecule has 0 N–H and O–H groups in total. The number of aldehydes is 1. The Morgan fingerprint density at radius 2 is 2.00 bits per heavy atom. The molecule has 0 saturated carbocycles. The largest absolute Gasteiger partial charge is 0.322 e. The monoisotopic (exact) mass is 198 g/mol. The molecule has 4 heteroatoms. The highest BCUT2D eigenvalue weighted by atomic mass is 16.2. The first-order chi connectivity index (χ1) is 6.56. The van der Waals surface area contributed by atoms with Crippen LogP contribution in [0.2, 0.25) is 0 Å². The Bertz CT molecular complexity index is 228. The Labute approximate surface area is 84.9 Å². The molecule has 1 rings (SSSR count). The minimum atomic E-state index is -0.0638. The lowest BCUT2D eigenvalue weighted by atomic mass is 10.2. The van der Waals surface area contributed by atoms with Gasteiger partial charge in [0.25, 0.3) is 0 Å². The smallest absolute Gasteiger partial charge is 0.320 e. The van der Waals surface area contributed by atoms with Crippen LogP contribution in [0.25, 0.3) is 0 Å². The van der Waals surface area contributed by atoms with E-state index in [0.29, 0.717) is 6.54 Å². The van der Waals surface area contributed by atoms with Crippen LogP contribution in [0.1, 0.15) is 20.8 Å². The van der Waals surface area contributed by atoms with Crippen LogP contribution in [0.5, 0.6) is 0 Å². The van der Waals surface area contributed by atoms with Gasteiger partial charge in [-0.05, 0) is 13.8 Å². The van der Waals surface area contributed by atoms with Gasteiger partial charge in [-0.25, -0.2) is 4.79 Å². The Balaban J connectivity index is 2.51. The van der Waals surface area contributed by atoms with Crippen LogP contribution in [-0.4, -0.2) is 47.8 Å². The lowest BCUT2D eigenvalue weighted by Crippen LogP contribution is -2.37. The minimum absolute atomic E-state index is 0.0636. The Hall–Kier alpha value is -1.06. The third-order valence-corrected chi connectivity index (χ3v) is 2.49. The molecule has 0 spiro atoms. The fourth-order valence-electron chi connectivity index (χ4n) is 1.64. The van der Waals surface area contributed by atoms with Crippen molar-refractivity contribution in [3.8, 4) is 0 Å². The molecule has 0 aromatic heterocycles. The van der Waals surface area contributed by atoms with E-state index in [1.165, 1.54) is 0 Å². The number of hydrogen-bond donors (Lipinski definition) is 0. The summed E-state index contributed by atoms with van der Waals surface area (Å²) in [6, 6.07) is 0.313. The summed E-state index contributed by atoms with van der Waals surface area (Å²) in [5.41, 5.74) is 0. The molecule has 1 aliphatic rings. The average molecular weight is 198 g/mol. The summed E-state index contributed by atoms with van der Waals surface area (Å²) in [5, 5.41) is 0. The van der Waals surface area contributed by atoms with Gasteiger partial charge in [-0.2, -0.15) is 0 Å². The van der Waals surface area contributed by atoms with E-state index in [1.54, 1.807) is 4.90 Å². The topological polar surface area (TPSA) is 40.6 Å². The second-order valence-electron chi connectivity index (χ2n) is 4.13. The lowest BCUT2D eigenvalue weighted by Gasteiger charge is -2.22. The predicted molar refractivity (Wildman–Crippen MR) is 54.0 cm³/mol. The zero-order chi connectivity index (χ0) is 10.7. The van der Waals surface area contributed by atoms with Crippen LogP contribution in [0, 0.1) is 5.92 Å². The van der Waals surface area contributed by atoms with Gasteiger partial charge in [0, 0.05) is 31.6 Å². The second kappa shape index (κ2) is 4.44. The molecule has 1 heterocycles. The molecule has 1 atom stereocenters. The fourth-order valence-corrected chi connectivity index (χ4v) is 1.64. The molecule has 0 aromatic carbocycles. The van der Waals surface area contributed by atoms with Gasteiger partial charge in [0.05, 0.1) is 0 Å². The average Bonchev–Trinajstić information content (AvgIpc) is 2.48. The van der Waals surface area contributed by atoms with Gasteiger partial charge in [0.2, 0.25) is 0 Å². The van der Waals surface area contributed by atoms with Crippen molar-refractivity contribution in [1.29, 1.82) is 0 Å². The molecule has 1 saturated heterocycles. The third-order valence-electron chi connectivity index (χ3n) is 2.49. The lowest BCUT2D eigenvalue weighted by molar-refractivity contribution is -0.110. The SMILES string of the molecule is CC(C=O)CN1CCN(C(C)C)C1=O. The van der Waals surface area contributed by atoms with Gasteiger partial charge in [-0.3, -0.25) is 0 Å². The first-order valence-corrected chi connectivity index (χ1v) is 5.07. The molecule has 0 radical (unpaired) electrons. The molecular weight excluding hydrogens is 180 g/mol. The highest BCUT2D eigenvalue weighted by Crippen LogP contribution is 2.13. The number of amides is 2. The maximum absolute atomic E-state index is 11.7. The van der Waals surface area contributed by atoms with E-state index in [9.17, 15) is 9.59 Å². The van der Waals surface area contributed by atoms with Gasteiger partial charge in [-0.1, -0.05) is 6.92 Å². The summed E-state index contributed by atoms with van der Waals surface area (Å²) in [6.07, 6.45) is 0.894. The van der Waals surface area contributed by atoms with E-state index in [0.717, 1.165) is 19.4 Å². The summed E-state index contributed by atoms with van der Waals surface area (Å²) < 4.78 is 0. The van der Waals surface area contributed by atoms with Crippen molar-refractivity contribution in [2.24, 2.45) is 5.92 Å². The van der Waals surface area contributed by atoms with Crippen molar-refractivity contribution in [2.75, 3.05) is 19.6 Å². The van der Waals surface area contributed by atoms with E-state index in [-0.39, 0.29) is 18.0 Å². The summed E-state index contributed by atoms with van der Waals surface area (Å²) >= 11 is 0. The van der Waals surface area contributed by atoms with E-state index in [1.807, 2.05) is 25.7 Å². The molecule has 1 aliphatic heterocycles. The summed E-state index contributed by atoms with van der Waals surface area (Å²) in [4.78, 5) is 25.8. The van der Waals surface area contributed by atoms with E-state index < -0.39 is 0 Å². The maximum Gasteiger partial charge on any atom is 0.320 e. The molecule has 14 heavy (non-hydrogen) atoms. The van der Waals surface area contributed by atoms with Gasteiger partial charge < -0.3 is 14.6 Å². The van der Waals surface area contributed by atoms with Crippen LogP contribution < -0.4 is 0 Å². The molecular formula is C10H18N2O2. The van der Waals surface area contributed by atoms with E-state index in [2.05, 4.69) is 0 Å². The van der Waals surface area contributed by atoms with Crippen molar-refractivity contribution >= 4 is 12.3 Å². The zero-order valence-electron chi connectivity index (χ0n) is 9.06.